The van der Waals surface area contributed by atoms with Crippen LogP contribution in [0.25, 0.3) is 0 Å². The molecule has 0 saturated carbocycles. The summed E-state index contributed by atoms with van der Waals surface area (Å²) < 4.78 is 50.2. The van der Waals surface area contributed by atoms with Crippen LogP contribution in [0, 0.1) is 6.92 Å². The third-order valence-corrected chi connectivity index (χ3v) is 8.89. The number of hydrogen-bond acceptors (Lipinski definition) is 8. The van der Waals surface area contributed by atoms with E-state index in [1.807, 2.05) is 6.07 Å². The minimum atomic E-state index is -4.24. The van der Waals surface area contributed by atoms with Crippen molar-refractivity contribution in [1.29, 1.82) is 0 Å². The maximum atomic E-state index is 13.9. The van der Waals surface area contributed by atoms with Crippen LogP contribution in [-0.4, -0.2) is 61.6 Å². The number of carbonyl (C=O) groups excluding carboxylic acids is 1. The quantitative estimate of drug-likeness (QED) is 0.256. The Morgan fingerprint density at radius 3 is 2.27 bits per heavy atom. The minimum absolute atomic E-state index is 0.0737. The number of anilines is 1. The molecule has 3 aromatic rings. The summed E-state index contributed by atoms with van der Waals surface area (Å²) >= 11 is 1.78. The smallest absolute Gasteiger partial charge is 0.265 e. The summed E-state index contributed by atoms with van der Waals surface area (Å²) in [5.74, 6) is 2.60. The number of methoxy groups -OCH3 is 4. The van der Waals surface area contributed by atoms with Crippen molar-refractivity contribution in [2.75, 3.05) is 51.6 Å². The Kier molecular flexibility index (Phi) is 11.4. The van der Waals surface area contributed by atoms with Crippen LogP contribution in [0.2, 0.25) is 0 Å². The lowest BCUT2D eigenvalue weighted by Crippen LogP contribution is -2.41. The third kappa shape index (κ3) is 7.98. The van der Waals surface area contributed by atoms with Gasteiger partial charge in [0.25, 0.3) is 10.0 Å². The number of thioether (sulfide) groups is 1. The normalized spacial score (nSPS) is 11.0. The zero-order chi connectivity index (χ0) is 29.1. The predicted molar refractivity (Wildman–Crippen MR) is 159 cm³/mol. The van der Waals surface area contributed by atoms with E-state index in [0.29, 0.717) is 18.0 Å². The predicted octanol–water partition coefficient (Wildman–Crippen LogP) is 4.66. The Bertz CT molecular complexity index is 1400. The van der Waals surface area contributed by atoms with Crippen molar-refractivity contribution < 1.29 is 32.2 Å². The molecule has 0 aromatic heterocycles. The molecule has 0 heterocycles. The van der Waals surface area contributed by atoms with Gasteiger partial charge in [0, 0.05) is 24.4 Å². The second kappa shape index (κ2) is 14.7. The molecule has 3 aromatic carbocycles. The highest BCUT2D eigenvalue weighted by Crippen LogP contribution is 2.37. The van der Waals surface area contributed by atoms with E-state index in [4.69, 9.17) is 18.9 Å². The van der Waals surface area contributed by atoms with Crippen LogP contribution in [0.4, 0.5) is 5.69 Å². The summed E-state index contributed by atoms with van der Waals surface area (Å²) in [6, 6.07) is 17.4. The van der Waals surface area contributed by atoms with E-state index in [1.165, 1.54) is 63.8 Å². The topological polar surface area (TPSA) is 103 Å². The molecule has 0 aliphatic heterocycles. The fraction of sp³-hybridized carbons (Fsp3) is 0.345. The number of carbonyl (C=O) groups is 1. The molecule has 0 unspecified atom stereocenters. The second-order valence-electron chi connectivity index (χ2n) is 8.81. The van der Waals surface area contributed by atoms with Crippen molar-refractivity contribution in [2.45, 2.75) is 24.0 Å². The van der Waals surface area contributed by atoms with Crippen LogP contribution in [-0.2, 0) is 20.6 Å². The highest BCUT2D eigenvalue weighted by molar-refractivity contribution is 7.98. The molecule has 0 aliphatic rings. The number of amides is 1. The molecule has 0 spiro atoms. The summed E-state index contributed by atoms with van der Waals surface area (Å²) in [5, 5.41) is 2.85. The van der Waals surface area contributed by atoms with E-state index in [-0.39, 0.29) is 22.1 Å². The number of nitrogens with one attached hydrogen (secondary N) is 1. The molecule has 216 valence electrons. The Morgan fingerprint density at radius 2 is 1.60 bits per heavy atom. The van der Waals surface area contributed by atoms with E-state index >= 15 is 0 Å². The van der Waals surface area contributed by atoms with E-state index < -0.39 is 22.5 Å². The monoisotopic (exact) mass is 588 g/mol. The highest BCUT2D eigenvalue weighted by Gasteiger charge is 2.31. The molecule has 1 N–H and O–H groups in total. The Labute approximate surface area is 240 Å². The summed E-state index contributed by atoms with van der Waals surface area (Å²) in [7, 11) is 1.55. The number of nitrogens with zero attached hydrogens (tertiary/aromatic N) is 1. The molecule has 0 aliphatic carbocycles. The van der Waals surface area contributed by atoms with Gasteiger partial charge in [-0.2, -0.15) is 11.8 Å². The molecular weight excluding hydrogens is 552 g/mol. The van der Waals surface area contributed by atoms with Gasteiger partial charge in [-0.25, -0.2) is 8.42 Å². The average Bonchev–Trinajstić information content (AvgIpc) is 2.96. The average molecular weight is 589 g/mol. The van der Waals surface area contributed by atoms with Gasteiger partial charge in [0.1, 0.15) is 18.0 Å². The van der Waals surface area contributed by atoms with Gasteiger partial charge >= 0.3 is 0 Å². The molecule has 40 heavy (non-hydrogen) atoms. The van der Waals surface area contributed by atoms with Gasteiger partial charge in [-0.15, -0.1) is 0 Å². The highest BCUT2D eigenvalue weighted by atomic mass is 32.2. The van der Waals surface area contributed by atoms with Crippen LogP contribution in [0.15, 0.2) is 65.6 Å². The molecule has 0 radical (unpaired) electrons. The molecule has 0 bridgehead atoms. The van der Waals surface area contributed by atoms with E-state index in [9.17, 15) is 13.2 Å². The summed E-state index contributed by atoms with van der Waals surface area (Å²) in [6.45, 7) is 2.02. The van der Waals surface area contributed by atoms with E-state index in [2.05, 4.69) is 30.4 Å². The first-order valence-electron chi connectivity index (χ1n) is 12.6. The SMILES string of the molecule is COc1ccc(OC)c(N(CC(=O)NCCCSCc2cccc(C)c2)S(=O)(=O)c2ccc(OC)c(OC)c2)c1. The molecule has 3 rings (SSSR count). The van der Waals surface area contributed by atoms with Gasteiger partial charge in [0.2, 0.25) is 5.91 Å². The van der Waals surface area contributed by atoms with Gasteiger partial charge in [0.05, 0.1) is 39.0 Å². The first kappa shape index (κ1) is 31.0. The van der Waals surface area contributed by atoms with Crippen molar-refractivity contribution >= 4 is 33.4 Å². The molecule has 0 atom stereocenters. The molecule has 11 heteroatoms. The van der Waals surface area contributed by atoms with Crippen molar-refractivity contribution in [3.8, 4) is 23.0 Å². The Morgan fingerprint density at radius 1 is 0.875 bits per heavy atom. The third-order valence-electron chi connectivity index (χ3n) is 6.02. The number of sulfonamides is 1. The fourth-order valence-corrected chi connectivity index (χ4v) is 6.32. The van der Waals surface area contributed by atoms with Crippen LogP contribution in [0.1, 0.15) is 17.5 Å². The van der Waals surface area contributed by atoms with Crippen molar-refractivity contribution in [1.82, 2.24) is 5.32 Å². The molecule has 9 nitrogen and oxygen atoms in total. The molecule has 0 fully saturated rings. The van der Waals surface area contributed by atoms with Crippen LogP contribution in [0.5, 0.6) is 23.0 Å². The second-order valence-corrected chi connectivity index (χ2v) is 11.8. The summed E-state index contributed by atoms with van der Waals surface area (Å²) in [6.07, 6.45) is 0.743. The lowest BCUT2D eigenvalue weighted by atomic mass is 10.2. The lowest BCUT2D eigenvalue weighted by molar-refractivity contribution is -0.119. The fourth-order valence-electron chi connectivity index (χ4n) is 3.98. The molecule has 0 saturated heterocycles. The first-order valence-corrected chi connectivity index (χ1v) is 15.2. The van der Waals surface area contributed by atoms with E-state index in [0.717, 1.165) is 22.2 Å². The zero-order valence-corrected chi connectivity index (χ0v) is 25.1. The lowest BCUT2D eigenvalue weighted by Gasteiger charge is -2.26. The standard InChI is InChI=1S/C29H36N2O7S2/c1-21-8-6-9-22(16-21)20-39-15-7-14-30-29(32)19-31(25-17-23(35-2)10-12-26(25)36-3)40(33,34)24-11-13-27(37-4)28(18-24)38-5/h6,8-13,16-18H,7,14-15,19-20H2,1-5H3,(H,30,32). The zero-order valence-electron chi connectivity index (χ0n) is 23.4. The van der Waals surface area contributed by atoms with Crippen LogP contribution < -0.4 is 28.6 Å². The van der Waals surface area contributed by atoms with E-state index in [1.54, 1.807) is 23.9 Å². The number of hydrogen-bond donors (Lipinski definition) is 1. The van der Waals surface area contributed by atoms with Crippen molar-refractivity contribution in [2.24, 2.45) is 0 Å². The Hall–Kier alpha value is -3.57. The van der Waals surface area contributed by atoms with Crippen molar-refractivity contribution in [3.63, 3.8) is 0 Å². The maximum absolute atomic E-state index is 13.9. The number of aryl methyl sites for hydroxylation is 1. The first-order chi connectivity index (χ1) is 19.2. The van der Waals surface area contributed by atoms with Crippen LogP contribution in [0.3, 0.4) is 0 Å². The maximum Gasteiger partial charge on any atom is 0.265 e. The molecule has 1 amide bonds. The summed E-state index contributed by atoms with van der Waals surface area (Å²) in [5.41, 5.74) is 2.66. The van der Waals surface area contributed by atoms with Gasteiger partial charge in [-0.3, -0.25) is 9.10 Å². The van der Waals surface area contributed by atoms with Crippen LogP contribution >= 0.6 is 11.8 Å². The molecular formula is C29H36N2O7S2. The minimum Gasteiger partial charge on any atom is -0.497 e. The van der Waals surface area contributed by atoms with Gasteiger partial charge in [-0.1, -0.05) is 29.8 Å². The summed E-state index contributed by atoms with van der Waals surface area (Å²) in [4.78, 5) is 13.0. The Balaban J connectivity index is 1.77. The van der Waals surface area contributed by atoms with Gasteiger partial charge in [0.15, 0.2) is 11.5 Å². The van der Waals surface area contributed by atoms with Crippen molar-refractivity contribution in [3.05, 3.63) is 71.8 Å². The largest absolute Gasteiger partial charge is 0.497 e. The number of benzene rings is 3. The number of rotatable bonds is 15. The van der Waals surface area contributed by atoms with Gasteiger partial charge in [-0.05, 0) is 48.9 Å². The number of ether oxygens (including phenoxy) is 4. The van der Waals surface area contributed by atoms with Gasteiger partial charge < -0.3 is 24.3 Å².